The van der Waals surface area contributed by atoms with Crippen LogP contribution in [-0.2, 0) is 22.8 Å². The predicted octanol–water partition coefficient (Wildman–Crippen LogP) is 5.02. The average Bonchev–Trinajstić information content (AvgIpc) is 3.54. The van der Waals surface area contributed by atoms with Crippen molar-refractivity contribution in [2.24, 2.45) is 0 Å². The number of aromatic amines is 2. The number of aryl methyl sites for hydroxylation is 1. The molecular formula is C30H28FN7O2S. The van der Waals surface area contributed by atoms with Crippen LogP contribution >= 0.6 is 0 Å². The Labute approximate surface area is 236 Å². The number of hydrogen-bond donors (Lipinski definition) is 2. The number of pyridine rings is 3. The smallest absolute Gasteiger partial charge is 0.181 e. The lowest BCUT2D eigenvalue weighted by Crippen LogP contribution is -2.10. The molecule has 0 saturated carbocycles. The summed E-state index contributed by atoms with van der Waals surface area (Å²) in [5.41, 5.74) is 7.76. The lowest BCUT2D eigenvalue weighted by molar-refractivity contribution is 0.402. The summed E-state index contributed by atoms with van der Waals surface area (Å²) in [5, 5.41) is 9.14. The van der Waals surface area contributed by atoms with Crippen LogP contribution in [0, 0.1) is 5.82 Å². The number of rotatable bonds is 8. The van der Waals surface area contributed by atoms with E-state index in [0.717, 1.165) is 51.0 Å². The molecule has 5 aromatic heterocycles. The van der Waals surface area contributed by atoms with Gasteiger partial charge in [0.05, 0.1) is 17.1 Å². The molecule has 41 heavy (non-hydrogen) atoms. The molecule has 6 aromatic rings. The van der Waals surface area contributed by atoms with Crippen molar-refractivity contribution in [3.8, 4) is 33.6 Å². The molecule has 5 heterocycles. The number of sulfone groups is 1. The molecule has 0 amide bonds. The summed E-state index contributed by atoms with van der Waals surface area (Å²) in [6, 6.07) is 12.6. The first-order valence-electron chi connectivity index (χ1n) is 13.0. The maximum atomic E-state index is 14.6. The van der Waals surface area contributed by atoms with Crippen molar-refractivity contribution in [1.82, 2.24) is 35.0 Å². The molecule has 1 aromatic carbocycles. The van der Waals surface area contributed by atoms with Gasteiger partial charge in [0.15, 0.2) is 5.65 Å². The predicted molar refractivity (Wildman–Crippen MR) is 158 cm³/mol. The minimum absolute atomic E-state index is 0.0467. The fourth-order valence-electron chi connectivity index (χ4n) is 5.03. The molecule has 2 N–H and O–H groups in total. The Bertz CT molecular complexity index is 2010. The van der Waals surface area contributed by atoms with E-state index in [4.69, 9.17) is 0 Å². The number of aromatic nitrogens is 6. The van der Waals surface area contributed by atoms with Crippen molar-refractivity contribution in [2.75, 3.05) is 26.1 Å². The summed E-state index contributed by atoms with van der Waals surface area (Å²) in [4.78, 5) is 18.9. The first-order valence-corrected chi connectivity index (χ1v) is 15.1. The zero-order valence-corrected chi connectivity index (χ0v) is 23.6. The number of nitrogens with one attached hydrogen (secondary N) is 2. The largest absolute Gasteiger partial charge is 0.338 e. The van der Waals surface area contributed by atoms with Crippen molar-refractivity contribution >= 4 is 31.9 Å². The van der Waals surface area contributed by atoms with Crippen molar-refractivity contribution < 1.29 is 12.8 Å². The maximum absolute atomic E-state index is 14.6. The van der Waals surface area contributed by atoms with Gasteiger partial charge in [-0.2, -0.15) is 5.10 Å². The summed E-state index contributed by atoms with van der Waals surface area (Å²) >= 11 is 0. The third-order valence-corrected chi connectivity index (χ3v) is 7.81. The average molecular weight is 570 g/mol. The van der Waals surface area contributed by atoms with E-state index >= 15 is 0 Å². The van der Waals surface area contributed by atoms with Gasteiger partial charge in [-0.05, 0) is 79.2 Å². The first-order chi connectivity index (χ1) is 19.6. The van der Waals surface area contributed by atoms with E-state index in [-0.39, 0.29) is 12.2 Å². The highest BCUT2D eigenvalue weighted by Crippen LogP contribution is 2.34. The maximum Gasteiger partial charge on any atom is 0.181 e. The Balaban J connectivity index is 1.40. The fourth-order valence-corrected chi connectivity index (χ4v) is 5.63. The van der Waals surface area contributed by atoms with Crippen molar-refractivity contribution in [3.05, 3.63) is 84.2 Å². The normalized spacial score (nSPS) is 12.1. The molecule has 0 bridgehead atoms. The third kappa shape index (κ3) is 5.72. The Morgan fingerprint density at radius 2 is 1.71 bits per heavy atom. The molecule has 0 aliphatic heterocycles. The van der Waals surface area contributed by atoms with Gasteiger partial charge >= 0.3 is 0 Å². The number of nitrogens with zero attached hydrogens (tertiary/aromatic N) is 5. The molecular weight excluding hydrogens is 541 g/mol. The van der Waals surface area contributed by atoms with Gasteiger partial charge in [-0.15, -0.1) is 0 Å². The molecule has 0 fully saturated rings. The third-order valence-electron chi connectivity index (χ3n) is 6.87. The summed E-state index contributed by atoms with van der Waals surface area (Å²) in [7, 11) is 0.865. The summed E-state index contributed by atoms with van der Waals surface area (Å²) in [6.07, 6.45) is 8.55. The highest BCUT2D eigenvalue weighted by Gasteiger charge is 2.16. The minimum atomic E-state index is -3.17. The van der Waals surface area contributed by atoms with Crippen LogP contribution in [0.1, 0.15) is 11.1 Å². The fraction of sp³-hybridized carbons (Fsp3) is 0.200. The molecule has 0 radical (unpaired) electrons. The molecule has 0 aliphatic carbocycles. The van der Waals surface area contributed by atoms with E-state index in [1.165, 1.54) is 18.4 Å². The number of H-pyrrole nitrogens is 2. The van der Waals surface area contributed by atoms with Crippen LogP contribution in [0.5, 0.6) is 0 Å². The molecule has 0 atom stereocenters. The molecule has 11 heteroatoms. The quantitative estimate of drug-likeness (QED) is 0.264. The van der Waals surface area contributed by atoms with Gasteiger partial charge in [0.1, 0.15) is 21.3 Å². The monoisotopic (exact) mass is 569 g/mol. The summed E-state index contributed by atoms with van der Waals surface area (Å²) in [5.74, 6) is -0.469. The Morgan fingerprint density at radius 1 is 0.902 bits per heavy atom. The van der Waals surface area contributed by atoms with Crippen molar-refractivity contribution in [3.63, 3.8) is 0 Å². The van der Waals surface area contributed by atoms with E-state index in [9.17, 15) is 12.8 Å². The molecule has 6 rings (SSSR count). The van der Waals surface area contributed by atoms with E-state index in [1.54, 1.807) is 12.4 Å². The molecule has 0 aliphatic rings. The SMILES string of the molecule is CN(C)Cc1cncc(-c2cnc3n[nH]c(-c4cc5c(-c6cc(F)cc(CCS(C)(=O)=O)c6)ccnc5[nH]4)c3c2)c1. The second-order valence-electron chi connectivity index (χ2n) is 10.5. The lowest BCUT2D eigenvalue weighted by atomic mass is 10.00. The Kier molecular flexibility index (Phi) is 6.84. The number of halogens is 1. The van der Waals surface area contributed by atoms with Crippen LogP contribution in [0.4, 0.5) is 4.39 Å². The molecule has 208 valence electrons. The second-order valence-corrected chi connectivity index (χ2v) is 12.8. The van der Waals surface area contributed by atoms with Gasteiger partial charge in [-0.25, -0.2) is 22.8 Å². The van der Waals surface area contributed by atoms with Gasteiger partial charge in [0, 0.05) is 59.5 Å². The van der Waals surface area contributed by atoms with Gasteiger partial charge in [0.2, 0.25) is 0 Å². The molecule has 0 unspecified atom stereocenters. The van der Waals surface area contributed by atoms with E-state index in [2.05, 4.69) is 41.1 Å². The zero-order chi connectivity index (χ0) is 28.7. The topological polar surface area (TPSA) is 121 Å². The van der Waals surface area contributed by atoms with Crippen LogP contribution < -0.4 is 0 Å². The van der Waals surface area contributed by atoms with E-state index in [1.807, 2.05) is 50.8 Å². The number of fused-ring (bicyclic) bond motifs is 2. The molecule has 0 spiro atoms. The second kappa shape index (κ2) is 10.5. The molecule has 0 saturated heterocycles. The van der Waals surface area contributed by atoms with Gasteiger partial charge in [0.25, 0.3) is 0 Å². The number of hydrogen-bond acceptors (Lipinski definition) is 7. The van der Waals surface area contributed by atoms with E-state index in [0.29, 0.717) is 22.4 Å². The summed E-state index contributed by atoms with van der Waals surface area (Å²) in [6.45, 7) is 0.780. The Morgan fingerprint density at radius 3 is 2.51 bits per heavy atom. The molecule has 9 nitrogen and oxygen atoms in total. The highest BCUT2D eigenvalue weighted by molar-refractivity contribution is 7.90. The van der Waals surface area contributed by atoms with Crippen molar-refractivity contribution in [1.29, 1.82) is 0 Å². The van der Waals surface area contributed by atoms with E-state index < -0.39 is 15.7 Å². The van der Waals surface area contributed by atoms with Crippen LogP contribution in [0.2, 0.25) is 0 Å². The Hall–Kier alpha value is -4.48. The van der Waals surface area contributed by atoms with Crippen LogP contribution in [0.25, 0.3) is 55.7 Å². The first kappa shape index (κ1) is 26.7. The number of benzene rings is 1. The highest BCUT2D eigenvalue weighted by atomic mass is 32.2. The minimum Gasteiger partial charge on any atom is -0.338 e. The van der Waals surface area contributed by atoms with Gasteiger partial charge in [-0.1, -0.05) is 6.07 Å². The standard InChI is InChI=1S/C30H28FN7O2S/c1-38(2)17-19-9-21(15-32-14-19)22-12-26-28(36-37-30(26)34-16-22)27-13-25-24(4-6-33-29(25)35-27)20-8-18(10-23(31)11-20)5-7-41(3,39)40/h4,6,8-16H,5,7,17H2,1-3H3,(H,33,35)(H,34,36,37). The van der Waals surface area contributed by atoms with Crippen molar-refractivity contribution in [2.45, 2.75) is 13.0 Å². The van der Waals surface area contributed by atoms with Gasteiger partial charge in [-0.3, -0.25) is 10.1 Å². The summed E-state index contributed by atoms with van der Waals surface area (Å²) < 4.78 is 37.9. The zero-order valence-electron chi connectivity index (χ0n) is 22.8. The lowest BCUT2D eigenvalue weighted by Gasteiger charge is -2.10. The van der Waals surface area contributed by atoms with Crippen LogP contribution in [0.3, 0.4) is 0 Å². The van der Waals surface area contributed by atoms with Crippen LogP contribution in [-0.4, -0.2) is 69.6 Å². The van der Waals surface area contributed by atoms with Crippen LogP contribution in [0.15, 0.2) is 67.3 Å². The van der Waals surface area contributed by atoms with Gasteiger partial charge < -0.3 is 9.88 Å².